The summed E-state index contributed by atoms with van der Waals surface area (Å²) in [5.74, 6) is 0. The van der Waals surface area contributed by atoms with Crippen LogP contribution in [0.3, 0.4) is 0 Å². The number of fused-ring (bicyclic) bond motifs is 4. The third-order valence-electron chi connectivity index (χ3n) is 10.2. The van der Waals surface area contributed by atoms with Crippen molar-refractivity contribution in [2.24, 2.45) is 0 Å². The molecule has 0 spiro atoms. The van der Waals surface area contributed by atoms with Crippen molar-refractivity contribution < 1.29 is 0 Å². The van der Waals surface area contributed by atoms with Crippen molar-refractivity contribution in [3.8, 4) is 30.1 Å². The number of thiophene rings is 3. The lowest BCUT2D eigenvalue weighted by Crippen LogP contribution is -2.10. The molecule has 0 saturated heterocycles. The number of aryl methyl sites for hydroxylation is 2. The third kappa shape index (κ3) is 7.98. The Hall–Kier alpha value is -3.46. The lowest BCUT2D eigenvalue weighted by Gasteiger charge is -2.22. The van der Waals surface area contributed by atoms with Crippen molar-refractivity contribution in [1.29, 1.82) is 0 Å². The van der Waals surface area contributed by atoms with Gasteiger partial charge in [0.15, 0.2) is 0 Å². The zero-order valence-corrected chi connectivity index (χ0v) is 33.2. The van der Waals surface area contributed by atoms with Gasteiger partial charge in [0.1, 0.15) is 11.0 Å². The van der Waals surface area contributed by atoms with Gasteiger partial charge in [-0.2, -0.15) is 0 Å². The molecule has 7 aromatic rings. The Bertz CT molecular complexity index is 2190. The molecule has 7 aromatic heterocycles. The number of pyridine rings is 2. The lowest BCUT2D eigenvalue weighted by molar-refractivity contribution is 0.410. The molecule has 0 saturated carbocycles. The van der Waals surface area contributed by atoms with Crippen LogP contribution in [0.25, 0.3) is 62.9 Å². The summed E-state index contributed by atoms with van der Waals surface area (Å²) in [5.41, 5.74) is 6.68. The molecule has 0 bridgehead atoms. The average molecular weight is 734 g/mol. The van der Waals surface area contributed by atoms with Gasteiger partial charge in [-0.25, -0.2) is 0 Å². The van der Waals surface area contributed by atoms with E-state index in [2.05, 4.69) is 81.1 Å². The standard InChI is InChI=1S/C43H51N5S3/c1-5-7-9-11-13-15-17-31(18-16-14-12-10-8-6-2)48-35-25-29(3)46-27-32(35)33-28-47-34(26-36(33)48)37-21-22-39(50-37)43-41-40(44-23-24-45-41)42(51-43)38-20-19-30(4)49-38/h19-28,31H,5-18H2,1-4H3. The van der Waals surface area contributed by atoms with Gasteiger partial charge in [-0.1, -0.05) is 90.9 Å². The maximum Gasteiger partial charge on any atom is 0.109 e. The smallest absolute Gasteiger partial charge is 0.109 e. The maximum absolute atomic E-state index is 5.10. The molecule has 5 nitrogen and oxygen atoms in total. The highest BCUT2D eigenvalue weighted by Crippen LogP contribution is 2.47. The quantitative estimate of drug-likeness (QED) is 0.0824. The molecule has 51 heavy (non-hydrogen) atoms. The molecule has 0 aromatic carbocycles. The fraction of sp³-hybridized carbons (Fsp3) is 0.442. The van der Waals surface area contributed by atoms with Crippen molar-refractivity contribution in [1.82, 2.24) is 24.5 Å². The van der Waals surface area contributed by atoms with Crippen LogP contribution in [-0.4, -0.2) is 24.5 Å². The molecule has 0 aliphatic carbocycles. The van der Waals surface area contributed by atoms with Crippen LogP contribution in [0.5, 0.6) is 0 Å². The Balaban J connectivity index is 1.24. The van der Waals surface area contributed by atoms with E-state index in [1.54, 1.807) is 11.3 Å². The Morgan fingerprint density at radius 3 is 1.75 bits per heavy atom. The SMILES string of the molecule is CCCCCCCCC(CCCCCCCC)n1c2cc(C)ncc2c2cnc(-c3ccc(-c4sc(-c5ccc(C)s5)c5nccnc45)s3)cc21. The molecular formula is C43H51N5S3. The van der Waals surface area contributed by atoms with Gasteiger partial charge < -0.3 is 4.57 Å². The van der Waals surface area contributed by atoms with Gasteiger partial charge in [-0.15, -0.1) is 34.0 Å². The van der Waals surface area contributed by atoms with Gasteiger partial charge in [0.05, 0.1) is 31.4 Å². The van der Waals surface area contributed by atoms with Gasteiger partial charge in [-0.05, 0) is 63.1 Å². The fourth-order valence-corrected chi connectivity index (χ4v) is 10.8. The first-order valence-corrected chi connectivity index (χ1v) is 21.7. The molecule has 0 unspecified atom stereocenters. The second-order valence-corrected chi connectivity index (χ2v) is 17.5. The number of aromatic nitrogens is 5. The van der Waals surface area contributed by atoms with Crippen LogP contribution in [0, 0.1) is 13.8 Å². The molecule has 0 N–H and O–H groups in total. The molecular weight excluding hydrogens is 683 g/mol. The third-order valence-corrected chi connectivity index (χ3v) is 13.9. The second-order valence-electron chi connectivity index (χ2n) is 14.2. The van der Waals surface area contributed by atoms with E-state index in [-0.39, 0.29) is 0 Å². The van der Waals surface area contributed by atoms with E-state index in [0.29, 0.717) is 6.04 Å². The van der Waals surface area contributed by atoms with E-state index in [9.17, 15) is 0 Å². The predicted octanol–water partition coefficient (Wildman–Crippen LogP) is 14.4. The van der Waals surface area contributed by atoms with Gasteiger partial charge >= 0.3 is 0 Å². The summed E-state index contributed by atoms with van der Waals surface area (Å²) in [7, 11) is 0. The second kappa shape index (κ2) is 16.9. The first kappa shape index (κ1) is 35.9. The summed E-state index contributed by atoms with van der Waals surface area (Å²) in [6.07, 6.45) is 26.2. The highest BCUT2D eigenvalue weighted by Gasteiger charge is 2.22. The Labute approximate surface area is 315 Å². The lowest BCUT2D eigenvalue weighted by atomic mass is 9.99. The van der Waals surface area contributed by atoms with Crippen molar-refractivity contribution in [2.75, 3.05) is 0 Å². The van der Waals surface area contributed by atoms with Gasteiger partial charge in [0, 0.05) is 61.9 Å². The zero-order valence-electron chi connectivity index (χ0n) is 30.7. The van der Waals surface area contributed by atoms with E-state index in [1.807, 2.05) is 35.1 Å². The summed E-state index contributed by atoms with van der Waals surface area (Å²) in [6, 6.07) is 14.0. The first-order valence-electron chi connectivity index (χ1n) is 19.2. The van der Waals surface area contributed by atoms with Gasteiger partial charge in [0.25, 0.3) is 0 Å². The minimum Gasteiger partial charge on any atom is -0.337 e. The molecule has 0 atom stereocenters. The molecule has 0 fully saturated rings. The summed E-state index contributed by atoms with van der Waals surface area (Å²) in [6.45, 7) is 8.89. The largest absolute Gasteiger partial charge is 0.337 e. The van der Waals surface area contributed by atoms with Crippen molar-refractivity contribution in [3.05, 3.63) is 71.8 Å². The Kier molecular flexibility index (Phi) is 11.9. The number of hydrogen-bond donors (Lipinski definition) is 0. The number of hydrogen-bond acceptors (Lipinski definition) is 7. The van der Waals surface area contributed by atoms with E-state index < -0.39 is 0 Å². The highest BCUT2D eigenvalue weighted by atomic mass is 32.1. The summed E-state index contributed by atoms with van der Waals surface area (Å²) in [5, 5.41) is 2.43. The van der Waals surface area contributed by atoms with Gasteiger partial charge in [-0.3, -0.25) is 19.9 Å². The minimum atomic E-state index is 0.466. The van der Waals surface area contributed by atoms with Crippen LogP contribution in [0.1, 0.15) is 120 Å². The molecule has 8 heteroatoms. The van der Waals surface area contributed by atoms with Gasteiger partial charge in [0.2, 0.25) is 0 Å². The summed E-state index contributed by atoms with van der Waals surface area (Å²) >= 11 is 5.43. The van der Waals surface area contributed by atoms with Crippen LogP contribution in [0.15, 0.2) is 61.2 Å². The number of rotatable bonds is 18. The van der Waals surface area contributed by atoms with Crippen molar-refractivity contribution >= 4 is 66.8 Å². The topological polar surface area (TPSA) is 56.5 Å². The molecule has 0 aliphatic rings. The maximum atomic E-state index is 5.10. The van der Waals surface area contributed by atoms with Crippen molar-refractivity contribution in [2.45, 2.75) is 124 Å². The Morgan fingerprint density at radius 2 is 1.12 bits per heavy atom. The zero-order chi connectivity index (χ0) is 35.2. The van der Waals surface area contributed by atoms with Crippen LogP contribution in [0.2, 0.25) is 0 Å². The van der Waals surface area contributed by atoms with E-state index >= 15 is 0 Å². The molecule has 7 heterocycles. The normalized spacial score (nSPS) is 12.0. The van der Waals surface area contributed by atoms with Crippen LogP contribution in [0.4, 0.5) is 0 Å². The molecule has 0 radical (unpaired) electrons. The molecule has 266 valence electrons. The van der Waals surface area contributed by atoms with E-state index in [1.165, 1.54) is 141 Å². The van der Waals surface area contributed by atoms with E-state index in [4.69, 9.17) is 19.9 Å². The highest BCUT2D eigenvalue weighted by molar-refractivity contribution is 7.28. The van der Waals surface area contributed by atoms with Crippen molar-refractivity contribution in [3.63, 3.8) is 0 Å². The van der Waals surface area contributed by atoms with Crippen LogP contribution in [-0.2, 0) is 0 Å². The summed E-state index contributed by atoms with van der Waals surface area (Å²) < 4.78 is 2.69. The molecule has 0 amide bonds. The predicted molar refractivity (Wildman–Crippen MR) is 223 cm³/mol. The minimum absolute atomic E-state index is 0.466. The van der Waals surface area contributed by atoms with E-state index in [0.717, 1.165) is 22.4 Å². The molecule has 7 rings (SSSR count). The average Bonchev–Trinajstić information content (AvgIpc) is 3.94. The number of nitrogens with zero attached hydrogens (tertiary/aromatic N) is 5. The number of unbranched alkanes of at least 4 members (excludes halogenated alkanes) is 10. The van der Waals surface area contributed by atoms with Crippen LogP contribution >= 0.6 is 34.0 Å². The molecule has 0 aliphatic heterocycles. The Morgan fingerprint density at radius 1 is 0.569 bits per heavy atom. The first-order chi connectivity index (χ1) is 25.1. The fourth-order valence-electron chi connectivity index (χ4n) is 7.54. The summed E-state index contributed by atoms with van der Waals surface area (Å²) in [4.78, 5) is 26.8. The van der Waals surface area contributed by atoms with Crippen LogP contribution < -0.4 is 0 Å². The monoisotopic (exact) mass is 733 g/mol.